The third-order valence-corrected chi connectivity index (χ3v) is 0.829. The van der Waals surface area contributed by atoms with E-state index in [9.17, 15) is 4.79 Å². The summed E-state index contributed by atoms with van der Waals surface area (Å²) in [6.07, 6.45) is 0. The van der Waals surface area contributed by atoms with Crippen LogP contribution >= 0.6 is 0 Å². The van der Waals surface area contributed by atoms with E-state index in [1.54, 1.807) is 14.0 Å². The molecule has 0 aliphatic rings. The summed E-state index contributed by atoms with van der Waals surface area (Å²) in [5.41, 5.74) is 0.433. The van der Waals surface area contributed by atoms with Crippen LogP contribution < -0.4 is 0 Å². The van der Waals surface area contributed by atoms with Gasteiger partial charge >= 0.3 is 5.97 Å². The molecule has 0 aliphatic carbocycles. The Labute approximate surface area is 72.8 Å². The van der Waals surface area contributed by atoms with Crippen molar-refractivity contribution in [1.29, 1.82) is 0 Å². The number of methoxy groups -OCH3 is 2. The van der Waals surface area contributed by atoms with Crippen molar-refractivity contribution in [2.75, 3.05) is 27.4 Å². The number of ether oxygens (including phenoxy) is 2. The zero-order valence-electron chi connectivity index (χ0n) is 7.79. The van der Waals surface area contributed by atoms with Crippen LogP contribution in [0.3, 0.4) is 0 Å². The molecule has 0 spiro atoms. The molecule has 0 bridgehead atoms. The summed E-state index contributed by atoms with van der Waals surface area (Å²) in [5.74, 6) is -0.347. The van der Waals surface area contributed by atoms with Gasteiger partial charge in [0.25, 0.3) is 0 Å². The predicted octanol–water partition coefficient (Wildman–Crippen LogP) is 0.361. The third-order valence-electron chi connectivity index (χ3n) is 0.829. The summed E-state index contributed by atoms with van der Waals surface area (Å²) in [7, 11) is 2.88. The van der Waals surface area contributed by atoms with Crippen LogP contribution in [-0.2, 0) is 14.3 Å². The van der Waals surface area contributed by atoms with Gasteiger partial charge in [0.05, 0.1) is 20.3 Å². The number of rotatable bonds is 3. The lowest BCUT2D eigenvalue weighted by Gasteiger charge is -1.91. The number of carbonyl (C=O) groups excluding carboxylic acids is 1. The van der Waals surface area contributed by atoms with Gasteiger partial charge in [-0.1, -0.05) is 6.58 Å². The van der Waals surface area contributed by atoms with E-state index in [1.165, 1.54) is 7.11 Å². The van der Waals surface area contributed by atoms with Gasteiger partial charge in [0.1, 0.15) is 0 Å². The van der Waals surface area contributed by atoms with Crippen molar-refractivity contribution in [1.82, 2.24) is 0 Å². The second-order valence-electron chi connectivity index (χ2n) is 1.99. The Morgan fingerprint density at radius 1 is 1.50 bits per heavy atom. The Hall–Kier alpha value is -0.870. The van der Waals surface area contributed by atoms with E-state index in [2.05, 4.69) is 16.1 Å². The van der Waals surface area contributed by atoms with Crippen molar-refractivity contribution < 1.29 is 19.4 Å². The lowest BCUT2D eigenvalue weighted by atomic mass is 10.4. The fourth-order valence-corrected chi connectivity index (χ4v) is 0.266. The minimum absolute atomic E-state index is 0.122. The summed E-state index contributed by atoms with van der Waals surface area (Å²) in [6.45, 7) is 5.52. The first-order valence-corrected chi connectivity index (χ1v) is 3.43. The monoisotopic (exact) mass is 176 g/mol. The van der Waals surface area contributed by atoms with Crippen molar-refractivity contribution in [3.63, 3.8) is 0 Å². The molecular formula is C8H16O4. The van der Waals surface area contributed by atoms with Gasteiger partial charge in [0, 0.05) is 12.7 Å². The molecule has 0 aromatic carbocycles. The Morgan fingerprint density at radius 2 is 2.00 bits per heavy atom. The van der Waals surface area contributed by atoms with Gasteiger partial charge in [0.2, 0.25) is 0 Å². The van der Waals surface area contributed by atoms with Crippen LogP contribution in [0.2, 0.25) is 0 Å². The first kappa shape index (κ1) is 13.7. The SMILES string of the molecule is C=C(C)C(=O)OC.COCCO. The van der Waals surface area contributed by atoms with E-state index in [0.717, 1.165) is 0 Å². The largest absolute Gasteiger partial charge is 0.466 e. The highest BCUT2D eigenvalue weighted by Gasteiger charge is 1.95. The average Bonchev–Trinajstić information content (AvgIpc) is 2.05. The predicted molar refractivity (Wildman–Crippen MR) is 45.8 cm³/mol. The lowest BCUT2D eigenvalue weighted by Crippen LogP contribution is -1.98. The van der Waals surface area contributed by atoms with Crippen LogP contribution in [0.4, 0.5) is 0 Å². The summed E-state index contributed by atoms with van der Waals surface area (Å²) in [4.78, 5) is 10.2. The molecule has 0 unspecified atom stereocenters. The molecule has 0 amide bonds. The van der Waals surface area contributed by atoms with Crippen molar-refractivity contribution >= 4 is 5.97 Å². The van der Waals surface area contributed by atoms with Crippen molar-refractivity contribution in [2.45, 2.75) is 6.92 Å². The van der Waals surface area contributed by atoms with Crippen LogP contribution in [0, 0.1) is 0 Å². The van der Waals surface area contributed by atoms with Gasteiger partial charge in [-0.15, -0.1) is 0 Å². The Balaban J connectivity index is 0. The second-order valence-corrected chi connectivity index (χ2v) is 1.99. The molecule has 0 aliphatic heterocycles. The molecule has 4 heteroatoms. The zero-order chi connectivity index (χ0) is 9.98. The molecule has 4 nitrogen and oxygen atoms in total. The van der Waals surface area contributed by atoms with E-state index in [4.69, 9.17) is 5.11 Å². The van der Waals surface area contributed by atoms with Gasteiger partial charge in [-0.2, -0.15) is 0 Å². The molecule has 0 saturated carbocycles. The summed E-state index contributed by atoms with van der Waals surface area (Å²) >= 11 is 0. The van der Waals surface area contributed by atoms with Crippen LogP contribution in [0.5, 0.6) is 0 Å². The van der Waals surface area contributed by atoms with E-state index < -0.39 is 0 Å². The maximum atomic E-state index is 10.2. The van der Waals surface area contributed by atoms with Gasteiger partial charge in [-0.25, -0.2) is 4.79 Å². The highest BCUT2D eigenvalue weighted by atomic mass is 16.5. The quantitative estimate of drug-likeness (QED) is 0.498. The van der Waals surface area contributed by atoms with Gasteiger partial charge in [-0.3, -0.25) is 0 Å². The Bertz CT molecular complexity index is 129. The molecule has 0 aromatic heterocycles. The number of carbonyl (C=O) groups is 1. The second kappa shape index (κ2) is 10.1. The van der Waals surface area contributed by atoms with E-state index >= 15 is 0 Å². The molecule has 1 N–H and O–H groups in total. The van der Waals surface area contributed by atoms with Crippen LogP contribution in [0.1, 0.15) is 6.92 Å². The number of hydrogen-bond donors (Lipinski definition) is 1. The van der Waals surface area contributed by atoms with Crippen LogP contribution in [0.25, 0.3) is 0 Å². The molecule has 0 rings (SSSR count). The summed E-state index contributed by atoms with van der Waals surface area (Å²) in [6, 6.07) is 0. The summed E-state index contributed by atoms with van der Waals surface area (Å²) < 4.78 is 8.71. The standard InChI is InChI=1S/C5H8O2.C3H8O2/c1-4(2)5(6)7-3;1-5-3-2-4/h1H2,2-3H3;4H,2-3H2,1H3. The number of esters is 1. The van der Waals surface area contributed by atoms with E-state index in [-0.39, 0.29) is 12.6 Å². The van der Waals surface area contributed by atoms with Crippen LogP contribution in [0.15, 0.2) is 12.2 Å². The lowest BCUT2D eigenvalue weighted by molar-refractivity contribution is -0.136. The third kappa shape index (κ3) is 11.9. The fourth-order valence-electron chi connectivity index (χ4n) is 0.266. The normalized spacial score (nSPS) is 8.00. The highest BCUT2D eigenvalue weighted by molar-refractivity contribution is 5.86. The fraction of sp³-hybridized carbons (Fsp3) is 0.625. The first-order chi connectivity index (χ1) is 5.59. The van der Waals surface area contributed by atoms with E-state index in [1.807, 2.05) is 0 Å². The Kier molecular flexibility index (Phi) is 11.6. The van der Waals surface area contributed by atoms with Crippen molar-refractivity contribution in [2.24, 2.45) is 0 Å². The maximum Gasteiger partial charge on any atom is 0.332 e. The smallest absolute Gasteiger partial charge is 0.332 e. The topological polar surface area (TPSA) is 55.8 Å². The highest BCUT2D eigenvalue weighted by Crippen LogP contribution is 1.87. The summed E-state index contributed by atoms with van der Waals surface area (Å²) in [5, 5.41) is 7.94. The molecule has 0 fully saturated rings. The number of hydrogen-bond acceptors (Lipinski definition) is 4. The van der Waals surface area contributed by atoms with Crippen molar-refractivity contribution in [3.8, 4) is 0 Å². The minimum Gasteiger partial charge on any atom is -0.466 e. The van der Waals surface area contributed by atoms with Gasteiger partial charge < -0.3 is 14.6 Å². The van der Waals surface area contributed by atoms with Crippen LogP contribution in [-0.4, -0.2) is 38.5 Å². The molecule has 12 heavy (non-hydrogen) atoms. The molecule has 0 heterocycles. The molecule has 0 atom stereocenters. The molecule has 0 radical (unpaired) electrons. The molecular weight excluding hydrogens is 160 g/mol. The molecule has 0 saturated heterocycles. The average molecular weight is 176 g/mol. The number of aliphatic hydroxyl groups is 1. The van der Waals surface area contributed by atoms with Gasteiger partial charge in [0.15, 0.2) is 0 Å². The maximum absolute atomic E-state index is 10.2. The first-order valence-electron chi connectivity index (χ1n) is 3.43. The number of aliphatic hydroxyl groups excluding tert-OH is 1. The molecule has 72 valence electrons. The van der Waals surface area contributed by atoms with Gasteiger partial charge in [-0.05, 0) is 6.92 Å². The zero-order valence-corrected chi connectivity index (χ0v) is 7.79. The molecule has 0 aromatic rings. The minimum atomic E-state index is -0.347. The van der Waals surface area contributed by atoms with Crippen molar-refractivity contribution in [3.05, 3.63) is 12.2 Å². The Morgan fingerprint density at radius 3 is 2.00 bits per heavy atom. The van der Waals surface area contributed by atoms with E-state index in [0.29, 0.717) is 12.2 Å².